The van der Waals surface area contributed by atoms with Gasteiger partial charge in [-0.2, -0.15) is 0 Å². The van der Waals surface area contributed by atoms with Crippen LogP contribution < -0.4 is 5.73 Å². The molecular weight excluding hydrogens is 236 g/mol. The topological polar surface area (TPSA) is 46.3 Å². The molecule has 2 aliphatic rings. The summed E-state index contributed by atoms with van der Waals surface area (Å²) in [5.74, 6) is 0.875. The van der Waals surface area contributed by atoms with Crippen molar-refractivity contribution in [3.05, 3.63) is 35.4 Å². The lowest BCUT2D eigenvalue weighted by molar-refractivity contribution is -0.135. The molecule has 3 nitrogen and oxygen atoms in total. The normalized spacial score (nSPS) is 29.6. The fourth-order valence-corrected chi connectivity index (χ4v) is 3.38. The van der Waals surface area contributed by atoms with Gasteiger partial charge in [0.25, 0.3) is 0 Å². The van der Waals surface area contributed by atoms with E-state index in [9.17, 15) is 4.79 Å². The minimum Gasteiger partial charge on any atom is -0.342 e. The maximum Gasteiger partial charge on any atom is 0.230 e. The van der Waals surface area contributed by atoms with Crippen molar-refractivity contribution < 1.29 is 4.79 Å². The molecular formula is C16H22N2O. The number of nitrogens with zero attached hydrogens (tertiary/aromatic N) is 1. The van der Waals surface area contributed by atoms with Gasteiger partial charge in [0.05, 0.1) is 5.92 Å². The van der Waals surface area contributed by atoms with Crippen molar-refractivity contribution in [3.8, 4) is 0 Å². The van der Waals surface area contributed by atoms with E-state index in [1.165, 1.54) is 11.1 Å². The van der Waals surface area contributed by atoms with Crippen LogP contribution in [0.4, 0.5) is 0 Å². The van der Waals surface area contributed by atoms with E-state index < -0.39 is 0 Å². The first-order valence-electron chi connectivity index (χ1n) is 7.33. The molecule has 1 aliphatic carbocycles. The van der Waals surface area contributed by atoms with E-state index in [-0.39, 0.29) is 12.0 Å². The summed E-state index contributed by atoms with van der Waals surface area (Å²) in [7, 11) is 0. The monoisotopic (exact) mass is 258 g/mol. The lowest BCUT2D eigenvalue weighted by atomic mass is 9.76. The van der Waals surface area contributed by atoms with Crippen LogP contribution in [0.5, 0.6) is 0 Å². The summed E-state index contributed by atoms with van der Waals surface area (Å²) in [6.45, 7) is 3.83. The molecule has 0 aromatic heterocycles. The Morgan fingerprint density at radius 1 is 1.42 bits per heavy atom. The zero-order valence-electron chi connectivity index (χ0n) is 11.5. The molecule has 1 amide bonds. The van der Waals surface area contributed by atoms with Crippen molar-refractivity contribution in [2.75, 3.05) is 13.1 Å². The van der Waals surface area contributed by atoms with E-state index in [0.717, 1.165) is 32.4 Å². The summed E-state index contributed by atoms with van der Waals surface area (Å²) in [5, 5.41) is 0. The smallest absolute Gasteiger partial charge is 0.230 e. The predicted octanol–water partition coefficient (Wildman–Crippen LogP) is 1.91. The first-order valence-corrected chi connectivity index (χ1v) is 7.33. The highest BCUT2D eigenvalue weighted by Gasteiger charge is 2.37. The van der Waals surface area contributed by atoms with Crippen LogP contribution in [-0.2, 0) is 11.2 Å². The summed E-state index contributed by atoms with van der Waals surface area (Å²) in [6.07, 6.45) is 2.92. The number of carbonyl (C=O) groups is 1. The van der Waals surface area contributed by atoms with Gasteiger partial charge in [-0.1, -0.05) is 37.6 Å². The molecule has 3 atom stereocenters. The molecule has 19 heavy (non-hydrogen) atoms. The quantitative estimate of drug-likeness (QED) is 0.881. The summed E-state index contributed by atoms with van der Waals surface area (Å²) in [5.41, 5.74) is 8.68. The fourth-order valence-electron chi connectivity index (χ4n) is 3.38. The Balaban J connectivity index is 1.69. The summed E-state index contributed by atoms with van der Waals surface area (Å²) >= 11 is 0. The van der Waals surface area contributed by atoms with Crippen molar-refractivity contribution in [3.63, 3.8) is 0 Å². The van der Waals surface area contributed by atoms with Crippen LogP contribution in [0.3, 0.4) is 0 Å². The molecule has 0 spiro atoms. The molecule has 0 saturated carbocycles. The summed E-state index contributed by atoms with van der Waals surface area (Å²) in [6, 6.07) is 8.56. The van der Waals surface area contributed by atoms with Gasteiger partial charge in [0.1, 0.15) is 0 Å². The zero-order chi connectivity index (χ0) is 13.4. The number of hydrogen-bond acceptors (Lipinski definition) is 2. The first kappa shape index (κ1) is 12.7. The van der Waals surface area contributed by atoms with E-state index in [0.29, 0.717) is 11.8 Å². The molecule has 3 heteroatoms. The molecule has 1 aromatic rings. The average Bonchev–Trinajstić information content (AvgIpc) is 2.40. The molecule has 3 unspecified atom stereocenters. The van der Waals surface area contributed by atoms with Crippen molar-refractivity contribution in [2.24, 2.45) is 11.7 Å². The number of hydrogen-bond donors (Lipinski definition) is 1. The van der Waals surface area contributed by atoms with Crippen LogP contribution in [0.2, 0.25) is 0 Å². The molecule has 0 radical (unpaired) electrons. The second-order valence-corrected chi connectivity index (χ2v) is 5.86. The number of nitrogens with two attached hydrogens (primary N) is 1. The van der Waals surface area contributed by atoms with Crippen LogP contribution in [0, 0.1) is 5.92 Å². The SMILES string of the molecule is CCC1CN(C(=O)C2Cc3ccccc32)CCC1N. The van der Waals surface area contributed by atoms with E-state index in [2.05, 4.69) is 19.1 Å². The Labute approximate surface area is 114 Å². The summed E-state index contributed by atoms with van der Waals surface area (Å²) < 4.78 is 0. The van der Waals surface area contributed by atoms with Crippen molar-refractivity contribution in [1.82, 2.24) is 4.90 Å². The average molecular weight is 258 g/mol. The largest absolute Gasteiger partial charge is 0.342 e. The third kappa shape index (κ3) is 2.16. The maximum absolute atomic E-state index is 12.6. The Bertz CT molecular complexity index is 485. The third-order valence-electron chi connectivity index (χ3n) is 4.78. The van der Waals surface area contributed by atoms with Gasteiger partial charge in [0.15, 0.2) is 0 Å². The minimum atomic E-state index is 0.100. The summed E-state index contributed by atoms with van der Waals surface area (Å²) in [4.78, 5) is 14.6. The van der Waals surface area contributed by atoms with Gasteiger partial charge in [0.2, 0.25) is 5.91 Å². The highest BCUT2D eigenvalue weighted by Crippen LogP contribution is 2.37. The lowest BCUT2D eigenvalue weighted by Crippen LogP contribution is -2.51. The van der Waals surface area contributed by atoms with Crippen molar-refractivity contribution in [1.29, 1.82) is 0 Å². The van der Waals surface area contributed by atoms with Crippen LogP contribution in [0.25, 0.3) is 0 Å². The van der Waals surface area contributed by atoms with E-state index in [1.54, 1.807) is 0 Å². The second-order valence-electron chi connectivity index (χ2n) is 5.86. The number of rotatable bonds is 2. The highest BCUT2D eigenvalue weighted by molar-refractivity contribution is 5.87. The van der Waals surface area contributed by atoms with Crippen molar-refractivity contribution >= 4 is 5.91 Å². The number of amides is 1. The number of carbonyl (C=O) groups excluding carboxylic acids is 1. The molecule has 1 heterocycles. The van der Waals surface area contributed by atoms with Gasteiger partial charge in [-0.05, 0) is 29.9 Å². The Morgan fingerprint density at radius 2 is 2.21 bits per heavy atom. The Hall–Kier alpha value is -1.35. The van der Waals surface area contributed by atoms with Gasteiger partial charge in [-0.25, -0.2) is 0 Å². The van der Waals surface area contributed by atoms with Crippen LogP contribution in [-0.4, -0.2) is 29.9 Å². The van der Waals surface area contributed by atoms with Gasteiger partial charge in [-0.15, -0.1) is 0 Å². The number of benzene rings is 1. The molecule has 2 N–H and O–H groups in total. The number of piperidine rings is 1. The fraction of sp³-hybridized carbons (Fsp3) is 0.562. The highest BCUT2D eigenvalue weighted by atomic mass is 16.2. The van der Waals surface area contributed by atoms with Crippen molar-refractivity contribution in [2.45, 2.75) is 38.1 Å². The van der Waals surface area contributed by atoms with E-state index in [1.807, 2.05) is 17.0 Å². The zero-order valence-corrected chi connectivity index (χ0v) is 11.5. The van der Waals surface area contributed by atoms with Crippen LogP contribution in [0.15, 0.2) is 24.3 Å². The van der Waals surface area contributed by atoms with E-state index in [4.69, 9.17) is 5.73 Å². The first-order chi connectivity index (χ1) is 9.20. The third-order valence-corrected chi connectivity index (χ3v) is 4.78. The molecule has 1 aromatic carbocycles. The molecule has 3 rings (SSSR count). The lowest BCUT2D eigenvalue weighted by Gasteiger charge is -2.40. The number of fused-ring (bicyclic) bond motifs is 1. The molecule has 0 bridgehead atoms. The molecule has 102 valence electrons. The Morgan fingerprint density at radius 3 is 2.95 bits per heavy atom. The van der Waals surface area contributed by atoms with Gasteiger partial charge >= 0.3 is 0 Å². The Kier molecular flexibility index (Phi) is 3.31. The molecule has 1 saturated heterocycles. The van der Waals surface area contributed by atoms with E-state index >= 15 is 0 Å². The second kappa shape index (κ2) is 4.97. The van der Waals surface area contributed by atoms with Gasteiger partial charge in [0, 0.05) is 19.1 Å². The predicted molar refractivity (Wildman–Crippen MR) is 75.8 cm³/mol. The van der Waals surface area contributed by atoms with Gasteiger partial charge < -0.3 is 10.6 Å². The minimum absolute atomic E-state index is 0.100. The van der Waals surface area contributed by atoms with Gasteiger partial charge in [-0.3, -0.25) is 4.79 Å². The standard InChI is InChI=1S/C16H22N2O/c1-2-11-10-18(8-7-15(11)17)16(19)14-9-12-5-3-4-6-13(12)14/h3-6,11,14-15H,2,7-10,17H2,1H3. The molecule has 1 fully saturated rings. The molecule has 1 aliphatic heterocycles. The number of likely N-dealkylation sites (tertiary alicyclic amines) is 1. The maximum atomic E-state index is 12.6. The van der Waals surface area contributed by atoms with Crippen LogP contribution >= 0.6 is 0 Å². The van der Waals surface area contributed by atoms with Crippen LogP contribution in [0.1, 0.15) is 36.8 Å².